The summed E-state index contributed by atoms with van der Waals surface area (Å²) in [6.07, 6.45) is 1.61. The molecule has 37 heavy (non-hydrogen) atoms. The van der Waals surface area contributed by atoms with Gasteiger partial charge in [-0.2, -0.15) is 5.10 Å². The number of thioether (sulfide) groups is 1. The van der Waals surface area contributed by atoms with E-state index in [1.54, 1.807) is 22.9 Å². The second-order valence-corrected chi connectivity index (χ2v) is 9.40. The number of rotatable bonds is 7. The first-order valence-electron chi connectivity index (χ1n) is 11.8. The normalized spacial score (nSPS) is 11.2. The van der Waals surface area contributed by atoms with E-state index in [2.05, 4.69) is 27.6 Å². The first-order valence-corrected chi connectivity index (χ1v) is 12.8. The van der Waals surface area contributed by atoms with Crippen molar-refractivity contribution >= 4 is 34.8 Å². The second kappa shape index (κ2) is 11.1. The number of nitrogens with zero attached hydrogens (tertiary/aromatic N) is 3. The first-order chi connectivity index (χ1) is 18.1. The maximum absolute atomic E-state index is 13.3. The van der Waals surface area contributed by atoms with Gasteiger partial charge >= 0.3 is 0 Å². The molecule has 0 saturated carbocycles. The quantitative estimate of drug-likeness (QED) is 0.135. The third-order valence-electron chi connectivity index (χ3n) is 5.79. The standard InChI is InChI=1S/C30H24N4O2S/c1-21-11-17-25(18-12-21)34-29(36)26-9-5-6-10-27(26)32-30(34)37-20-28(35)33-31-19-22-13-15-24(16-14-22)23-7-3-2-4-8-23/h2-19H,20H2,1H3,(H,33,35)/b31-19+. The van der Waals surface area contributed by atoms with Crippen molar-refractivity contribution in [1.82, 2.24) is 15.0 Å². The number of hydrogen-bond acceptors (Lipinski definition) is 5. The summed E-state index contributed by atoms with van der Waals surface area (Å²) in [6.45, 7) is 1.99. The topological polar surface area (TPSA) is 76.3 Å². The van der Waals surface area contributed by atoms with Crippen LogP contribution in [-0.2, 0) is 4.79 Å². The lowest BCUT2D eigenvalue weighted by atomic mass is 10.0. The van der Waals surface area contributed by atoms with E-state index < -0.39 is 0 Å². The van der Waals surface area contributed by atoms with Crippen LogP contribution in [0, 0.1) is 6.92 Å². The van der Waals surface area contributed by atoms with Crippen molar-refractivity contribution in [3.63, 3.8) is 0 Å². The van der Waals surface area contributed by atoms with Gasteiger partial charge in [0.2, 0.25) is 0 Å². The molecule has 0 bridgehead atoms. The minimum atomic E-state index is -0.292. The minimum absolute atomic E-state index is 0.0565. The van der Waals surface area contributed by atoms with Crippen LogP contribution in [0.4, 0.5) is 0 Å². The zero-order valence-corrected chi connectivity index (χ0v) is 21.0. The third kappa shape index (κ3) is 5.68. The second-order valence-electron chi connectivity index (χ2n) is 8.46. The monoisotopic (exact) mass is 504 g/mol. The lowest BCUT2D eigenvalue weighted by Crippen LogP contribution is -2.24. The maximum Gasteiger partial charge on any atom is 0.266 e. The third-order valence-corrected chi connectivity index (χ3v) is 6.73. The average molecular weight is 505 g/mol. The molecule has 0 saturated heterocycles. The van der Waals surface area contributed by atoms with E-state index in [1.807, 2.05) is 85.8 Å². The van der Waals surface area contributed by atoms with Gasteiger partial charge in [-0.3, -0.25) is 14.2 Å². The molecule has 0 atom stereocenters. The summed E-state index contributed by atoms with van der Waals surface area (Å²) < 4.78 is 1.55. The zero-order chi connectivity index (χ0) is 25.6. The van der Waals surface area contributed by atoms with Gasteiger partial charge in [0.25, 0.3) is 11.5 Å². The Labute approximate surface area is 218 Å². The summed E-state index contributed by atoms with van der Waals surface area (Å²) in [4.78, 5) is 30.5. The molecular weight excluding hydrogens is 480 g/mol. The predicted molar refractivity (Wildman–Crippen MR) is 150 cm³/mol. The van der Waals surface area contributed by atoms with E-state index in [0.717, 1.165) is 22.3 Å². The van der Waals surface area contributed by atoms with Gasteiger partial charge in [0.05, 0.1) is 28.6 Å². The minimum Gasteiger partial charge on any atom is -0.272 e. The largest absolute Gasteiger partial charge is 0.272 e. The van der Waals surface area contributed by atoms with Crippen LogP contribution >= 0.6 is 11.8 Å². The van der Waals surface area contributed by atoms with Crippen molar-refractivity contribution in [2.45, 2.75) is 12.1 Å². The highest BCUT2D eigenvalue weighted by molar-refractivity contribution is 7.99. The zero-order valence-electron chi connectivity index (χ0n) is 20.2. The van der Waals surface area contributed by atoms with Crippen LogP contribution in [-0.4, -0.2) is 27.4 Å². The highest BCUT2D eigenvalue weighted by atomic mass is 32.2. The number of para-hydroxylation sites is 1. The Morgan fingerprint density at radius 1 is 0.892 bits per heavy atom. The lowest BCUT2D eigenvalue weighted by molar-refractivity contribution is -0.118. The van der Waals surface area contributed by atoms with Crippen molar-refractivity contribution in [3.8, 4) is 16.8 Å². The summed E-state index contributed by atoms with van der Waals surface area (Å²) >= 11 is 1.19. The van der Waals surface area contributed by atoms with Gasteiger partial charge in [-0.1, -0.05) is 96.2 Å². The molecule has 0 unspecified atom stereocenters. The van der Waals surface area contributed by atoms with Gasteiger partial charge in [0.1, 0.15) is 0 Å². The molecule has 0 aliphatic heterocycles. The van der Waals surface area contributed by atoms with Gasteiger partial charge in [-0.05, 0) is 47.9 Å². The molecule has 182 valence electrons. The SMILES string of the molecule is Cc1ccc(-n2c(SCC(=O)N/N=C/c3ccc(-c4ccccc4)cc3)nc3ccccc3c2=O)cc1. The fourth-order valence-electron chi connectivity index (χ4n) is 3.86. The number of aromatic nitrogens is 2. The van der Waals surface area contributed by atoms with Crippen molar-refractivity contribution in [2.24, 2.45) is 5.10 Å². The molecule has 0 radical (unpaired) electrons. The van der Waals surface area contributed by atoms with Gasteiger partial charge in [0, 0.05) is 0 Å². The van der Waals surface area contributed by atoms with E-state index in [1.165, 1.54) is 11.8 Å². The Morgan fingerprint density at radius 2 is 1.57 bits per heavy atom. The van der Waals surface area contributed by atoms with Crippen LogP contribution in [0.2, 0.25) is 0 Å². The molecule has 0 spiro atoms. The predicted octanol–water partition coefficient (Wildman–Crippen LogP) is 5.60. The van der Waals surface area contributed by atoms with Crippen LogP contribution in [0.5, 0.6) is 0 Å². The highest BCUT2D eigenvalue weighted by Gasteiger charge is 2.14. The summed E-state index contributed by atoms with van der Waals surface area (Å²) in [5.74, 6) is -0.235. The average Bonchev–Trinajstić information content (AvgIpc) is 2.94. The molecule has 7 heteroatoms. The van der Waals surface area contributed by atoms with Crippen molar-refractivity contribution in [3.05, 3.63) is 125 Å². The Morgan fingerprint density at radius 3 is 2.32 bits per heavy atom. The number of amides is 1. The fourth-order valence-corrected chi connectivity index (χ4v) is 4.67. The number of carbonyl (C=O) groups is 1. The van der Waals surface area contributed by atoms with Crippen LogP contribution in [0.1, 0.15) is 11.1 Å². The van der Waals surface area contributed by atoms with E-state index in [0.29, 0.717) is 21.7 Å². The number of hydrazone groups is 1. The molecule has 4 aromatic carbocycles. The Kier molecular flexibility index (Phi) is 7.23. The van der Waals surface area contributed by atoms with Crippen LogP contribution < -0.4 is 11.0 Å². The van der Waals surface area contributed by atoms with Gasteiger partial charge in [-0.25, -0.2) is 10.4 Å². The molecule has 1 N–H and O–H groups in total. The lowest BCUT2D eigenvalue weighted by Gasteiger charge is -2.13. The van der Waals surface area contributed by atoms with Crippen LogP contribution in [0.25, 0.3) is 27.7 Å². The Bertz CT molecular complexity index is 1630. The molecular formula is C30H24N4O2S. The van der Waals surface area contributed by atoms with Crippen LogP contribution in [0.3, 0.4) is 0 Å². The number of fused-ring (bicyclic) bond motifs is 1. The van der Waals surface area contributed by atoms with Gasteiger partial charge in [0.15, 0.2) is 5.16 Å². The summed E-state index contributed by atoms with van der Waals surface area (Å²) in [7, 11) is 0. The first kappa shape index (κ1) is 24.2. The van der Waals surface area contributed by atoms with Crippen molar-refractivity contribution in [2.75, 3.05) is 5.75 Å². The van der Waals surface area contributed by atoms with Crippen molar-refractivity contribution < 1.29 is 4.79 Å². The number of aryl methyl sites for hydroxylation is 1. The number of benzene rings is 4. The molecule has 0 aliphatic carbocycles. The summed E-state index contributed by atoms with van der Waals surface area (Å²) in [6, 6.07) is 32.9. The number of carbonyl (C=O) groups excluding carboxylic acids is 1. The molecule has 0 aliphatic rings. The molecule has 0 fully saturated rings. The number of nitrogens with one attached hydrogen (secondary N) is 1. The maximum atomic E-state index is 13.3. The van der Waals surface area contributed by atoms with Gasteiger partial charge < -0.3 is 0 Å². The van der Waals surface area contributed by atoms with Crippen molar-refractivity contribution in [1.29, 1.82) is 0 Å². The van der Waals surface area contributed by atoms with E-state index in [-0.39, 0.29) is 17.2 Å². The van der Waals surface area contributed by atoms with Gasteiger partial charge in [-0.15, -0.1) is 0 Å². The highest BCUT2D eigenvalue weighted by Crippen LogP contribution is 2.22. The van der Waals surface area contributed by atoms with E-state index >= 15 is 0 Å². The van der Waals surface area contributed by atoms with E-state index in [9.17, 15) is 9.59 Å². The Hall–Kier alpha value is -4.49. The van der Waals surface area contributed by atoms with E-state index in [4.69, 9.17) is 0 Å². The molecule has 1 heterocycles. The summed E-state index contributed by atoms with van der Waals surface area (Å²) in [5, 5.41) is 5.06. The molecule has 5 rings (SSSR count). The molecule has 5 aromatic rings. The smallest absolute Gasteiger partial charge is 0.266 e. The van der Waals surface area contributed by atoms with Crippen LogP contribution in [0.15, 0.2) is 118 Å². The fraction of sp³-hybridized carbons (Fsp3) is 0.0667. The molecule has 1 amide bonds. The Balaban J connectivity index is 1.29. The molecule has 1 aromatic heterocycles. The number of hydrogen-bond donors (Lipinski definition) is 1. The summed E-state index contributed by atoms with van der Waals surface area (Å²) in [5.41, 5.74) is 7.90. The molecule has 6 nitrogen and oxygen atoms in total.